The fourth-order valence-corrected chi connectivity index (χ4v) is 3.61. The number of nitrogens with zero attached hydrogens (tertiary/aromatic N) is 1. The third-order valence-electron chi connectivity index (χ3n) is 5.03. The first-order valence-electron chi connectivity index (χ1n) is 9.27. The second-order valence-electron chi connectivity index (χ2n) is 7.34. The van der Waals surface area contributed by atoms with Crippen molar-refractivity contribution in [3.8, 4) is 5.75 Å². The summed E-state index contributed by atoms with van der Waals surface area (Å²) >= 11 is 0. The van der Waals surface area contributed by atoms with E-state index in [9.17, 15) is 9.90 Å². The Morgan fingerprint density at radius 3 is 2.52 bits per heavy atom. The van der Waals surface area contributed by atoms with Crippen LogP contribution in [0.3, 0.4) is 0 Å². The van der Waals surface area contributed by atoms with Crippen molar-refractivity contribution >= 4 is 5.91 Å². The third kappa shape index (κ3) is 5.44. The number of piperidine rings is 1. The lowest BCUT2D eigenvalue weighted by molar-refractivity contribution is -0.125. The Labute approximate surface area is 151 Å². The number of hydrogen-bond acceptors (Lipinski definition) is 4. The van der Waals surface area contributed by atoms with Crippen molar-refractivity contribution in [2.24, 2.45) is 5.92 Å². The van der Waals surface area contributed by atoms with E-state index in [0.29, 0.717) is 6.54 Å². The Bertz CT molecular complexity index is 542. The van der Waals surface area contributed by atoms with E-state index in [2.05, 4.69) is 24.1 Å². The quantitative estimate of drug-likeness (QED) is 0.795. The van der Waals surface area contributed by atoms with Gasteiger partial charge in [0.2, 0.25) is 5.91 Å². The summed E-state index contributed by atoms with van der Waals surface area (Å²) < 4.78 is 5.21. The fourth-order valence-electron chi connectivity index (χ4n) is 3.61. The Kier molecular flexibility index (Phi) is 7.26. The molecule has 1 aromatic rings. The van der Waals surface area contributed by atoms with Crippen LogP contribution in [0.15, 0.2) is 24.3 Å². The number of amides is 1. The van der Waals surface area contributed by atoms with Crippen LogP contribution in [0.4, 0.5) is 0 Å². The van der Waals surface area contributed by atoms with Crippen LogP contribution in [0.5, 0.6) is 5.75 Å². The minimum atomic E-state index is -0.407. The fraction of sp³-hybridized carbons (Fsp3) is 0.650. The molecule has 1 aliphatic rings. The van der Waals surface area contributed by atoms with Gasteiger partial charge in [-0.3, -0.25) is 9.69 Å². The van der Waals surface area contributed by atoms with Crippen LogP contribution < -0.4 is 10.1 Å². The number of aliphatic hydroxyl groups is 1. The molecule has 5 nitrogen and oxygen atoms in total. The Balaban J connectivity index is 2.01. The van der Waals surface area contributed by atoms with Crippen LogP contribution in [-0.4, -0.2) is 48.3 Å². The molecule has 0 bridgehead atoms. The van der Waals surface area contributed by atoms with E-state index in [4.69, 9.17) is 4.74 Å². The van der Waals surface area contributed by atoms with Gasteiger partial charge in [0.15, 0.2) is 0 Å². The Hall–Kier alpha value is -1.59. The minimum absolute atomic E-state index is 0.0158. The molecule has 140 valence electrons. The standard InChI is InChI=1S/C20H32N2O3/c1-14(2)20(16-8-10-17(25-4)11-9-16)21-19(24)13-22-12-6-5-7-18(22)15(3)23/h8-11,14-15,18,20,23H,5-7,12-13H2,1-4H3,(H,21,24). The van der Waals surface area contributed by atoms with E-state index in [0.717, 1.165) is 37.1 Å². The number of benzene rings is 1. The molecule has 0 saturated carbocycles. The second kappa shape index (κ2) is 9.20. The van der Waals surface area contributed by atoms with Crippen molar-refractivity contribution in [2.75, 3.05) is 20.2 Å². The molecule has 0 aliphatic carbocycles. The predicted octanol–water partition coefficient (Wildman–Crippen LogP) is 2.74. The molecule has 5 heteroatoms. The maximum absolute atomic E-state index is 12.6. The average molecular weight is 348 g/mol. The van der Waals surface area contributed by atoms with Crippen molar-refractivity contribution in [1.82, 2.24) is 10.2 Å². The first kappa shape index (κ1) is 19.7. The highest BCUT2D eigenvalue weighted by molar-refractivity contribution is 5.78. The monoisotopic (exact) mass is 348 g/mol. The molecule has 1 heterocycles. The number of rotatable bonds is 7. The smallest absolute Gasteiger partial charge is 0.234 e. The van der Waals surface area contributed by atoms with Gasteiger partial charge in [-0.1, -0.05) is 32.4 Å². The summed E-state index contributed by atoms with van der Waals surface area (Å²) in [5.41, 5.74) is 1.08. The molecule has 1 saturated heterocycles. The van der Waals surface area contributed by atoms with E-state index in [1.54, 1.807) is 7.11 Å². The Morgan fingerprint density at radius 1 is 1.28 bits per heavy atom. The number of likely N-dealkylation sites (tertiary alicyclic amines) is 1. The van der Waals surface area contributed by atoms with Crippen LogP contribution >= 0.6 is 0 Å². The van der Waals surface area contributed by atoms with Gasteiger partial charge in [-0.2, -0.15) is 0 Å². The number of methoxy groups -OCH3 is 1. The molecule has 3 atom stereocenters. The zero-order valence-corrected chi connectivity index (χ0v) is 15.9. The highest BCUT2D eigenvalue weighted by Crippen LogP contribution is 2.24. The lowest BCUT2D eigenvalue weighted by Gasteiger charge is -2.37. The molecule has 3 unspecified atom stereocenters. The predicted molar refractivity (Wildman–Crippen MR) is 99.6 cm³/mol. The maximum atomic E-state index is 12.6. The molecule has 0 radical (unpaired) electrons. The average Bonchev–Trinajstić information content (AvgIpc) is 2.60. The highest BCUT2D eigenvalue weighted by Gasteiger charge is 2.28. The molecular weight excluding hydrogens is 316 g/mol. The summed E-state index contributed by atoms with van der Waals surface area (Å²) in [4.78, 5) is 14.8. The Morgan fingerprint density at radius 2 is 1.96 bits per heavy atom. The van der Waals surface area contributed by atoms with Crippen LogP contribution in [0.2, 0.25) is 0 Å². The first-order chi connectivity index (χ1) is 11.9. The van der Waals surface area contributed by atoms with Crippen molar-refractivity contribution in [1.29, 1.82) is 0 Å². The summed E-state index contributed by atoms with van der Waals surface area (Å²) in [6.07, 6.45) is 2.75. The van der Waals surface area contributed by atoms with Crippen LogP contribution in [0.25, 0.3) is 0 Å². The van der Waals surface area contributed by atoms with Crippen molar-refractivity contribution in [2.45, 2.75) is 58.2 Å². The molecule has 1 aromatic carbocycles. The van der Waals surface area contributed by atoms with E-state index in [1.165, 1.54) is 0 Å². The lowest BCUT2D eigenvalue weighted by atomic mass is 9.95. The van der Waals surface area contributed by atoms with Gasteiger partial charge < -0.3 is 15.2 Å². The van der Waals surface area contributed by atoms with E-state index in [-0.39, 0.29) is 23.9 Å². The van der Waals surface area contributed by atoms with Crippen LogP contribution in [0.1, 0.15) is 51.6 Å². The summed E-state index contributed by atoms with van der Waals surface area (Å²) in [5, 5.41) is 13.1. The SMILES string of the molecule is COc1ccc(C(NC(=O)CN2CCCCC2C(C)O)C(C)C)cc1. The van der Waals surface area contributed by atoms with Crippen molar-refractivity contribution in [3.05, 3.63) is 29.8 Å². The van der Waals surface area contributed by atoms with Crippen LogP contribution in [0, 0.1) is 5.92 Å². The molecule has 1 aliphatic heterocycles. The maximum Gasteiger partial charge on any atom is 0.234 e. The number of hydrogen-bond donors (Lipinski definition) is 2. The lowest BCUT2D eigenvalue weighted by Crippen LogP contribution is -2.50. The zero-order chi connectivity index (χ0) is 18.4. The number of nitrogens with one attached hydrogen (secondary N) is 1. The normalized spacial score (nSPS) is 21.0. The second-order valence-corrected chi connectivity index (χ2v) is 7.34. The zero-order valence-electron chi connectivity index (χ0n) is 15.9. The number of ether oxygens (including phenoxy) is 1. The van der Waals surface area contributed by atoms with E-state index in [1.807, 2.05) is 31.2 Å². The molecule has 2 rings (SSSR count). The number of carbonyl (C=O) groups is 1. The van der Waals surface area contributed by atoms with Gasteiger partial charge in [0.1, 0.15) is 5.75 Å². The largest absolute Gasteiger partial charge is 0.497 e. The summed E-state index contributed by atoms with van der Waals surface area (Å²) in [6, 6.07) is 7.90. The van der Waals surface area contributed by atoms with Gasteiger partial charge in [0, 0.05) is 6.04 Å². The molecule has 2 N–H and O–H groups in total. The topological polar surface area (TPSA) is 61.8 Å². The third-order valence-corrected chi connectivity index (χ3v) is 5.03. The minimum Gasteiger partial charge on any atom is -0.497 e. The van der Waals surface area contributed by atoms with Gasteiger partial charge in [-0.25, -0.2) is 0 Å². The van der Waals surface area contributed by atoms with Gasteiger partial charge in [-0.15, -0.1) is 0 Å². The van der Waals surface area contributed by atoms with Gasteiger partial charge >= 0.3 is 0 Å². The molecule has 1 fully saturated rings. The van der Waals surface area contributed by atoms with Crippen molar-refractivity contribution < 1.29 is 14.6 Å². The molecule has 25 heavy (non-hydrogen) atoms. The summed E-state index contributed by atoms with van der Waals surface area (Å²) in [5.74, 6) is 1.11. The van der Waals surface area contributed by atoms with E-state index < -0.39 is 6.10 Å². The van der Waals surface area contributed by atoms with Crippen molar-refractivity contribution in [3.63, 3.8) is 0 Å². The number of aliphatic hydroxyl groups excluding tert-OH is 1. The highest BCUT2D eigenvalue weighted by atomic mass is 16.5. The van der Waals surface area contributed by atoms with Gasteiger partial charge in [0.05, 0.1) is 25.8 Å². The molecular formula is C20H32N2O3. The summed E-state index contributed by atoms with van der Waals surface area (Å²) in [7, 11) is 1.65. The van der Waals surface area contributed by atoms with Gasteiger partial charge in [-0.05, 0) is 49.9 Å². The van der Waals surface area contributed by atoms with E-state index >= 15 is 0 Å². The summed E-state index contributed by atoms with van der Waals surface area (Å²) in [6.45, 7) is 7.24. The molecule has 1 amide bonds. The molecule has 0 aromatic heterocycles. The van der Waals surface area contributed by atoms with Gasteiger partial charge in [0.25, 0.3) is 0 Å². The molecule has 0 spiro atoms. The number of carbonyl (C=O) groups excluding carboxylic acids is 1. The van der Waals surface area contributed by atoms with Crippen LogP contribution in [-0.2, 0) is 4.79 Å². The first-order valence-corrected chi connectivity index (χ1v) is 9.27.